The molecule has 270 valence electrons. The Labute approximate surface area is 335 Å². The molecule has 0 N–H and O–H groups in total. The van der Waals surface area contributed by atoms with E-state index >= 15 is 0 Å². The average Bonchev–Trinajstić information content (AvgIpc) is 3.84. The van der Waals surface area contributed by atoms with Gasteiger partial charge in [0.25, 0.3) is 0 Å². The Morgan fingerprint density at radius 1 is 0.509 bits per heavy atom. The number of allylic oxidation sites excluding steroid dienone is 1. The third kappa shape index (κ3) is 5.54. The van der Waals surface area contributed by atoms with Crippen molar-refractivity contribution in [1.29, 1.82) is 0 Å². The lowest BCUT2D eigenvalue weighted by molar-refractivity contribution is 0.588. The number of benzene rings is 7. The minimum Gasteiger partial charge on any atom is -0.309 e. The van der Waals surface area contributed by atoms with Crippen molar-refractivity contribution < 1.29 is 0 Å². The van der Waals surface area contributed by atoms with Gasteiger partial charge in [0.15, 0.2) is 17.5 Å². The molecule has 3 heterocycles. The second-order valence-corrected chi connectivity index (χ2v) is 16.0. The number of aromatic nitrogens is 4. The summed E-state index contributed by atoms with van der Waals surface area (Å²) in [6.07, 6.45) is 5.70. The molecule has 0 aliphatic heterocycles. The van der Waals surface area contributed by atoms with Crippen LogP contribution < -0.4 is 0 Å². The minimum atomic E-state index is -0.0584. The van der Waals surface area contributed by atoms with E-state index < -0.39 is 0 Å². The van der Waals surface area contributed by atoms with E-state index in [4.69, 9.17) is 15.0 Å². The molecule has 0 saturated heterocycles. The average molecular weight is 749 g/mol. The Morgan fingerprint density at radius 3 is 1.75 bits per heavy atom. The fourth-order valence-corrected chi connectivity index (χ4v) is 10.1. The van der Waals surface area contributed by atoms with Gasteiger partial charge in [-0.3, -0.25) is 0 Å². The number of fused-ring (bicyclic) bond motifs is 6. The number of nitrogens with zero attached hydrogens (tertiary/aromatic N) is 4. The number of hydrogen-bond donors (Lipinski definition) is 0. The van der Waals surface area contributed by atoms with Crippen LogP contribution in [-0.4, -0.2) is 19.5 Å². The fraction of sp³-hybridized carbons (Fsp3) is 0.0577. The van der Waals surface area contributed by atoms with Crippen LogP contribution in [0.15, 0.2) is 182 Å². The summed E-state index contributed by atoms with van der Waals surface area (Å²) in [5.41, 5.74) is 11.4. The van der Waals surface area contributed by atoms with Gasteiger partial charge in [-0.05, 0) is 71.1 Å². The van der Waals surface area contributed by atoms with Crippen molar-refractivity contribution in [2.75, 3.05) is 0 Å². The van der Waals surface area contributed by atoms with E-state index in [0.29, 0.717) is 17.5 Å². The van der Waals surface area contributed by atoms with Crippen molar-refractivity contribution in [2.45, 2.75) is 18.8 Å². The summed E-state index contributed by atoms with van der Waals surface area (Å²) in [6, 6.07) is 62.4. The third-order valence-corrected chi connectivity index (χ3v) is 13.1. The van der Waals surface area contributed by atoms with Crippen LogP contribution in [0.2, 0.25) is 0 Å². The summed E-state index contributed by atoms with van der Waals surface area (Å²) in [4.78, 5) is 16.3. The Bertz CT molecular complexity index is 3090. The Hall–Kier alpha value is -6.95. The van der Waals surface area contributed by atoms with E-state index in [1.807, 2.05) is 72.0 Å². The molecule has 7 aromatic carbocycles. The zero-order valence-electron chi connectivity index (χ0n) is 31.3. The molecule has 1 aliphatic carbocycles. The Morgan fingerprint density at radius 2 is 1.07 bits per heavy atom. The summed E-state index contributed by atoms with van der Waals surface area (Å²) in [6.45, 7) is 2.40. The summed E-state index contributed by atoms with van der Waals surface area (Å²) in [5.74, 6) is 1.95. The van der Waals surface area contributed by atoms with Crippen LogP contribution in [0.4, 0.5) is 0 Å². The van der Waals surface area contributed by atoms with Gasteiger partial charge >= 0.3 is 0 Å². The van der Waals surface area contributed by atoms with Crippen LogP contribution in [0.1, 0.15) is 29.3 Å². The van der Waals surface area contributed by atoms with Crippen LogP contribution in [0.25, 0.3) is 88.9 Å². The van der Waals surface area contributed by atoms with Gasteiger partial charge in [-0.2, -0.15) is 0 Å². The van der Waals surface area contributed by atoms with E-state index in [1.165, 1.54) is 59.0 Å². The van der Waals surface area contributed by atoms with E-state index in [0.717, 1.165) is 28.8 Å². The second-order valence-electron chi connectivity index (χ2n) is 15.0. The highest BCUT2D eigenvalue weighted by atomic mass is 32.1. The molecule has 4 nitrogen and oxygen atoms in total. The van der Waals surface area contributed by atoms with E-state index in [1.54, 1.807) is 0 Å². The van der Waals surface area contributed by atoms with E-state index in [9.17, 15) is 0 Å². The number of rotatable bonds is 6. The molecule has 1 atom stereocenters. The maximum absolute atomic E-state index is 4.96. The van der Waals surface area contributed by atoms with E-state index in [2.05, 4.69) is 139 Å². The Balaban J connectivity index is 1.01. The van der Waals surface area contributed by atoms with Crippen LogP contribution in [0.3, 0.4) is 0 Å². The highest BCUT2D eigenvalue weighted by Gasteiger charge is 2.35. The lowest BCUT2D eigenvalue weighted by atomic mass is 9.74. The maximum Gasteiger partial charge on any atom is 0.164 e. The first-order chi connectivity index (χ1) is 28.1. The quantitative estimate of drug-likeness (QED) is 0.170. The fourth-order valence-electron chi connectivity index (χ4n) is 8.62. The van der Waals surface area contributed by atoms with Crippen molar-refractivity contribution in [2.24, 2.45) is 0 Å². The van der Waals surface area contributed by atoms with Crippen molar-refractivity contribution in [3.05, 3.63) is 198 Å². The predicted molar refractivity (Wildman–Crippen MR) is 238 cm³/mol. The molecule has 0 amide bonds. The van der Waals surface area contributed by atoms with Gasteiger partial charge < -0.3 is 4.57 Å². The van der Waals surface area contributed by atoms with Gasteiger partial charge in [0.2, 0.25) is 0 Å². The molecule has 1 aliphatic rings. The van der Waals surface area contributed by atoms with Gasteiger partial charge in [-0.1, -0.05) is 153 Å². The van der Waals surface area contributed by atoms with Gasteiger partial charge in [0.1, 0.15) is 0 Å². The molecule has 11 rings (SSSR count). The van der Waals surface area contributed by atoms with Gasteiger partial charge in [0, 0.05) is 53.5 Å². The highest BCUT2D eigenvalue weighted by molar-refractivity contribution is 7.20. The SMILES string of the molecule is CC1(c2ccccc2)CC=Cc2c1sc1c(-c3ccc4c(c3)c3ccccc3n4-c3ccc(-c4nc(-c5ccccc5)nc(-c5ccccc5)n4)cc3)cccc21. The van der Waals surface area contributed by atoms with Gasteiger partial charge in [-0.15, -0.1) is 11.3 Å². The first-order valence-electron chi connectivity index (χ1n) is 19.4. The molecule has 5 heteroatoms. The number of hydrogen-bond acceptors (Lipinski definition) is 4. The molecule has 3 aromatic heterocycles. The minimum absolute atomic E-state index is 0.0584. The zero-order chi connectivity index (χ0) is 37.9. The van der Waals surface area contributed by atoms with E-state index in [-0.39, 0.29) is 5.41 Å². The van der Waals surface area contributed by atoms with Crippen molar-refractivity contribution in [1.82, 2.24) is 19.5 Å². The molecule has 10 aromatic rings. The summed E-state index contributed by atoms with van der Waals surface area (Å²) < 4.78 is 3.72. The van der Waals surface area contributed by atoms with Crippen molar-refractivity contribution in [3.63, 3.8) is 0 Å². The standard InChI is InChI=1S/C52H36N4S/c1-52(38-19-9-4-10-20-38)32-14-24-43-42-23-13-22-40(47(42)57-48(43)52)37-28-31-46-44(33-37)41-21-11-12-25-45(41)56(46)39-29-26-36(27-30-39)51-54-49(34-15-5-2-6-16-34)53-50(55-51)35-17-7-3-8-18-35/h2-31,33H,32H2,1H3. The topological polar surface area (TPSA) is 43.6 Å². The van der Waals surface area contributed by atoms with Crippen LogP contribution in [0, 0.1) is 0 Å². The molecule has 0 saturated carbocycles. The summed E-state index contributed by atoms with van der Waals surface area (Å²) in [7, 11) is 0. The van der Waals surface area contributed by atoms with Crippen LogP contribution >= 0.6 is 11.3 Å². The molecule has 0 spiro atoms. The first kappa shape index (κ1) is 33.4. The highest BCUT2D eigenvalue weighted by Crippen LogP contribution is 2.50. The molecule has 57 heavy (non-hydrogen) atoms. The van der Waals surface area contributed by atoms with Crippen molar-refractivity contribution >= 4 is 49.3 Å². The zero-order valence-corrected chi connectivity index (χ0v) is 32.1. The van der Waals surface area contributed by atoms with Crippen LogP contribution in [-0.2, 0) is 5.41 Å². The van der Waals surface area contributed by atoms with Crippen LogP contribution in [0.5, 0.6) is 0 Å². The summed E-state index contributed by atoms with van der Waals surface area (Å²) >= 11 is 1.96. The molecule has 0 fully saturated rings. The normalized spacial score (nSPS) is 15.0. The first-order valence-corrected chi connectivity index (χ1v) is 20.2. The monoisotopic (exact) mass is 748 g/mol. The molecule has 1 unspecified atom stereocenters. The number of thiophene rings is 1. The number of para-hydroxylation sites is 1. The molecule has 0 bridgehead atoms. The third-order valence-electron chi connectivity index (χ3n) is 11.5. The predicted octanol–water partition coefficient (Wildman–Crippen LogP) is 13.6. The maximum atomic E-state index is 4.96. The largest absolute Gasteiger partial charge is 0.309 e. The molecular weight excluding hydrogens is 713 g/mol. The summed E-state index contributed by atoms with van der Waals surface area (Å²) in [5, 5.41) is 3.79. The molecule has 0 radical (unpaired) electrons. The smallest absolute Gasteiger partial charge is 0.164 e. The lowest BCUT2D eigenvalue weighted by Gasteiger charge is -2.31. The van der Waals surface area contributed by atoms with Gasteiger partial charge in [0.05, 0.1) is 11.0 Å². The molecular formula is C52H36N4S. The van der Waals surface area contributed by atoms with Gasteiger partial charge in [-0.25, -0.2) is 15.0 Å². The second kappa shape index (κ2) is 13.4. The lowest BCUT2D eigenvalue weighted by Crippen LogP contribution is -2.24. The van der Waals surface area contributed by atoms with Crippen molar-refractivity contribution in [3.8, 4) is 51.0 Å². The Kier molecular flexibility index (Phi) is 7.83.